The first kappa shape index (κ1) is 15.0. The third-order valence-corrected chi connectivity index (χ3v) is 5.25. The summed E-state index contributed by atoms with van der Waals surface area (Å²) in [6.07, 6.45) is 0. The van der Waals surface area contributed by atoms with Crippen LogP contribution in [-0.4, -0.2) is 50.7 Å². The zero-order chi connectivity index (χ0) is 14.8. The molecule has 5 nitrogen and oxygen atoms in total. The Bertz CT molecular complexity index is 581. The largest absolute Gasteiger partial charge is 0.336 e. The first-order chi connectivity index (χ1) is 9.44. The van der Waals surface area contributed by atoms with Gasteiger partial charge in [-0.05, 0) is 31.2 Å². The van der Waals surface area contributed by atoms with Gasteiger partial charge in [-0.2, -0.15) is 0 Å². The van der Waals surface area contributed by atoms with Crippen LogP contribution in [0, 0.1) is 0 Å². The van der Waals surface area contributed by atoms with Crippen molar-refractivity contribution in [2.45, 2.75) is 24.8 Å². The monoisotopic (exact) mass is 296 g/mol. The second kappa shape index (κ2) is 5.93. The number of carbonyl (C=O) groups excluding carboxylic acids is 1. The van der Waals surface area contributed by atoms with Crippen molar-refractivity contribution in [1.82, 2.24) is 10.2 Å². The standard InChI is InChI=1S/C14H20N2O3S/c1-3-20(18,19)13-6-4-12(5-7-13)14(17)16-9-8-15-11(2)10-16/h4-7,11,15H,3,8-10H2,1-2H3. The molecule has 1 aromatic rings. The van der Waals surface area contributed by atoms with Crippen LogP contribution in [0.5, 0.6) is 0 Å². The van der Waals surface area contributed by atoms with Crippen LogP contribution in [0.1, 0.15) is 24.2 Å². The normalized spacial score (nSPS) is 19.9. The van der Waals surface area contributed by atoms with Gasteiger partial charge in [-0.1, -0.05) is 6.92 Å². The van der Waals surface area contributed by atoms with E-state index in [0.717, 1.165) is 6.54 Å². The molecule has 1 saturated heterocycles. The van der Waals surface area contributed by atoms with Crippen molar-refractivity contribution in [3.8, 4) is 0 Å². The molecule has 1 N–H and O–H groups in total. The highest BCUT2D eigenvalue weighted by atomic mass is 32.2. The highest BCUT2D eigenvalue weighted by Crippen LogP contribution is 2.14. The maximum absolute atomic E-state index is 12.3. The fourth-order valence-corrected chi connectivity index (χ4v) is 3.15. The number of nitrogens with one attached hydrogen (secondary N) is 1. The van der Waals surface area contributed by atoms with Gasteiger partial charge in [0.05, 0.1) is 10.6 Å². The van der Waals surface area contributed by atoms with Crippen molar-refractivity contribution in [2.24, 2.45) is 0 Å². The van der Waals surface area contributed by atoms with Gasteiger partial charge in [-0.15, -0.1) is 0 Å². The van der Waals surface area contributed by atoms with E-state index in [4.69, 9.17) is 0 Å². The van der Waals surface area contributed by atoms with Crippen LogP contribution in [0.15, 0.2) is 29.2 Å². The molecule has 0 aliphatic carbocycles. The lowest BCUT2D eigenvalue weighted by atomic mass is 10.1. The number of sulfone groups is 1. The molecule has 1 aliphatic rings. The number of benzene rings is 1. The molecule has 1 amide bonds. The maximum atomic E-state index is 12.3. The zero-order valence-electron chi connectivity index (χ0n) is 11.8. The van der Waals surface area contributed by atoms with Crippen LogP contribution in [0.3, 0.4) is 0 Å². The van der Waals surface area contributed by atoms with Crippen LogP contribution < -0.4 is 5.32 Å². The topological polar surface area (TPSA) is 66.5 Å². The Balaban J connectivity index is 2.16. The van der Waals surface area contributed by atoms with Crippen LogP contribution in [0.2, 0.25) is 0 Å². The van der Waals surface area contributed by atoms with E-state index in [9.17, 15) is 13.2 Å². The van der Waals surface area contributed by atoms with Gasteiger partial charge in [-0.3, -0.25) is 4.79 Å². The molecule has 0 aromatic heterocycles. The SMILES string of the molecule is CCS(=O)(=O)c1ccc(C(=O)N2CCNC(C)C2)cc1. The fourth-order valence-electron chi connectivity index (χ4n) is 2.27. The predicted octanol–water partition coefficient (Wildman–Crippen LogP) is 0.914. The molecule has 2 rings (SSSR count). The Hall–Kier alpha value is -1.40. The van der Waals surface area contributed by atoms with Crippen LogP contribution in [0.4, 0.5) is 0 Å². The predicted molar refractivity (Wildman–Crippen MR) is 77.5 cm³/mol. The molecule has 1 unspecified atom stereocenters. The molecule has 110 valence electrons. The van der Waals surface area contributed by atoms with E-state index in [2.05, 4.69) is 5.32 Å². The van der Waals surface area contributed by atoms with E-state index in [1.54, 1.807) is 24.0 Å². The first-order valence-corrected chi connectivity index (χ1v) is 8.44. The number of hydrogen-bond acceptors (Lipinski definition) is 4. The molecule has 1 atom stereocenters. The Morgan fingerprint density at radius 2 is 2.00 bits per heavy atom. The molecule has 6 heteroatoms. The summed E-state index contributed by atoms with van der Waals surface area (Å²) in [4.78, 5) is 14.4. The summed E-state index contributed by atoms with van der Waals surface area (Å²) in [5, 5.41) is 3.28. The molecule has 1 heterocycles. The minimum atomic E-state index is -3.21. The van der Waals surface area contributed by atoms with E-state index in [1.165, 1.54) is 12.1 Å². The van der Waals surface area contributed by atoms with Gasteiger partial charge < -0.3 is 10.2 Å². The second-order valence-electron chi connectivity index (χ2n) is 5.03. The summed E-state index contributed by atoms with van der Waals surface area (Å²) in [7, 11) is -3.21. The van der Waals surface area contributed by atoms with Gasteiger partial charge in [0.2, 0.25) is 0 Å². The molecule has 1 fully saturated rings. The van der Waals surface area contributed by atoms with Gasteiger partial charge >= 0.3 is 0 Å². The van der Waals surface area contributed by atoms with Gasteiger partial charge in [0, 0.05) is 31.2 Å². The third kappa shape index (κ3) is 3.19. The van der Waals surface area contributed by atoms with Crippen LogP contribution >= 0.6 is 0 Å². The second-order valence-corrected chi connectivity index (χ2v) is 7.31. The maximum Gasteiger partial charge on any atom is 0.253 e. The Kier molecular flexibility index (Phi) is 4.45. The van der Waals surface area contributed by atoms with Crippen LogP contribution in [0.25, 0.3) is 0 Å². The van der Waals surface area contributed by atoms with Crippen molar-refractivity contribution >= 4 is 15.7 Å². The van der Waals surface area contributed by atoms with E-state index in [-0.39, 0.29) is 22.6 Å². The average Bonchev–Trinajstić information content (AvgIpc) is 2.46. The van der Waals surface area contributed by atoms with Crippen molar-refractivity contribution in [3.05, 3.63) is 29.8 Å². The number of hydrogen-bond donors (Lipinski definition) is 1. The Labute approximate surface area is 119 Å². The molecule has 0 spiro atoms. The Morgan fingerprint density at radius 1 is 1.35 bits per heavy atom. The van der Waals surface area contributed by atoms with Crippen molar-refractivity contribution < 1.29 is 13.2 Å². The molecule has 0 radical (unpaired) electrons. The quantitative estimate of drug-likeness (QED) is 0.900. The van der Waals surface area contributed by atoms with Gasteiger partial charge in [0.1, 0.15) is 0 Å². The highest BCUT2D eigenvalue weighted by molar-refractivity contribution is 7.91. The summed E-state index contributed by atoms with van der Waals surface area (Å²) in [5.41, 5.74) is 0.536. The summed E-state index contributed by atoms with van der Waals surface area (Å²) in [5.74, 6) is 0.0223. The van der Waals surface area contributed by atoms with Crippen molar-refractivity contribution in [3.63, 3.8) is 0 Å². The van der Waals surface area contributed by atoms with E-state index in [0.29, 0.717) is 18.7 Å². The number of piperazine rings is 1. The number of amides is 1. The van der Waals surface area contributed by atoms with Crippen LogP contribution in [-0.2, 0) is 9.84 Å². The number of carbonyl (C=O) groups is 1. The minimum absolute atomic E-state index is 0.0428. The Morgan fingerprint density at radius 3 is 2.55 bits per heavy atom. The molecular formula is C14H20N2O3S. The minimum Gasteiger partial charge on any atom is -0.336 e. The lowest BCUT2D eigenvalue weighted by Crippen LogP contribution is -2.51. The van der Waals surface area contributed by atoms with Gasteiger partial charge in [-0.25, -0.2) is 8.42 Å². The summed E-state index contributed by atoms with van der Waals surface area (Å²) >= 11 is 0. The lowest BCUT2D eigenvalue weighted by molar-refractivity contribution is 0.0709. The van der Waals surface area contributed by atoms with Crippen molar-refractivity contribution in [1.29, 1.82) is 0 Å². The van der Waals surface area contributed by atoms with E-state index in [1.807, 2.05) is 6.92 Å². The van der Waals surface area contributed by atoms with E-state index < -0.39 is 9.84 Å². The lowest BCUT2D eigenvalue weighted by Gasteiger charge is -2.32. The molecule has 0 bridgehead atoms. The van der Waals surface area contributed by atoms with E-state index >= 15 is 0 Å². The molecule has 0 saturated carbocycles. The molecule has 1 aromatic carbocycles. The molecule has 1 aliphatic heterocycles. The fraction of sp³-hybridized carbons (Fsp3) is 0.500. The third-order valence-electron chi connectivity index (χ3n) is 3.50. The zero-order valence-corrected chi connectivity index (χ0v) is 12.6. The average molecular weight is 296 g/mol. The first-order valence-electron chi connectivity index (χ1n) is 6.79. The smallest absolute Gasteiger partial charge is 0.253 e. The number of rotatable bonds is 3. The van der Waals surface area contributed by atoms with Gasteiger partial charge in [0.15, 0.2) is 9.84 Å². The van der Waals surface area contributed by atoms with Crippen molar-refractivity contribution in [2.75, 3.05) is 25.4 Å². The van der Waals surface area contributed by atoms with Gasteiger partial charge in [0.25, 0.3) is 5.91 Å². The molecule has 20 heavy (non-hydrogen) atoms. The number of nitrogens with zero attached hydrogens (tertiary/aromatic N) is 1. The molecular weight excluding hydrogens is 276 g/mol. The summed E-state index contributed by atoms with van der Waals surface area (Å²) in [6.45, 7) is 5.79. The summed E-state index contributed by atoms with van der Waals surface area (Å²) < 4.78 is 23.4. The summed E-state index contributed by atoms with van der Waals surface area (Å²) in [6, 6.07) is 6.50. The highest BCUT2D eigenvalue weighted by Gasteiger charge is 2.22.